The van der Waals surface area contributed by atoms with Gasteiger partial charge in [0, 0.05) is 30.2 Å². The van der Waals surface area contributed by atoms with Gasteiger partial charge in [0.05, 0.1) is 10.7 Å². The van der Waals surface area contributed by atoms with Gasteiger partial charge in [0.1, 0.15) is 16.5 Å². The number of hydrogen-bond donors (Lipinski definition) is 1. The van der Waals surface area contributed by atoms with Gasteiger partial charge in [-0.1, -0.05) is 17.7 Å². The first-order chi connectivity index (χ1) is 13.1. The zero-order chi connectivity index (χ0) is 18.8. The van der Waals surface area contributed by atoms with Gasteiger partial charge in [0.2, 0.25) is 0 Å². The number of anilines is 2. The molecule has 1 saturated heterocycles. The first kappa shape index (κ1) is 17.9. The predicted octanol–water partition coefficient (Wildman–Crippen LogP) is 5.02. The van der Waals surface area contributed by atoms with Crippen LogP contribution in [-0.2, 0) is 0 Å². The lowest BCUT2D eigenvalue weighted by Crippen LogP contribution is -2.18. The Balaban J connectivity index is 1.49. The van der Waals surface area contributed by atoms with Gasteiger partial charge in [-0.3, -0.25) is 4.79 Å². The summed E-state index contributed by atoms with van der Waals surface area (Å²) in [6, 6.07) is 9.55. The number of nitrogens with one attached hydrogen (secondary N) is 1. The van der Waals surface area contributed by atoms with Crippen LogP contribution in [0, 0.1) is 6.92 Å². The molecule has 1 N–H and O–H groups in total. The monoisotopic (exact) mass is 398 g/mol. The molecule has 1 aliphatic rings. The van der Waals surface area contributed by atoms with Crippen LogP contribution in [0.3, 0.4) is 0 Å². The van der Waals surface area contributed by atoms with Crippen LogP contribution in [-0.4, -0.2) is 29.0 Å². The number of amides is 1. The summed E-state index contributed by atoms with van der Waals surface area (Å²) in [5, 5.41) is 5.86. The minimum Gasteiger partial charge on any atom is -0.357 e. The fourth-order valence-corrected chi connectivity index (χ4v) is 4.03. The van der Waals surface area contributed by atoms with Crippen molar-refractivity contribution in [1.29, 1.82) is 0 Å². The predicted molar refractivity (Wildman–Crippen MR) is 111 cm³/mol. The molecule has 1 aromatic carbocycles. The molecule has 0 bridgehead atoms. The maximum Gasteiger partial charge on any atom is 0.275 e. The van der Waals surface area contributed by atoms with Gasteiger partial charge in [0.25, 0.3) is 5.91 Å². The minimum atomic E-state index is -0.272. The first-order valence-electron chi connectivity index (χ1n) is 8.84. The van der Waals surface area contributed by atoms with Crippen LogP contribution in [0.2, 0.25) is 5.02 Å². The third-order valence-corrected chi connectivity index (χ3v) is 5.75. The maximum atomic E-state index is 12.5. The number of aromatic nitrogens is 2. The second-order valence-electron chi connectivity index (χ2n) is 6.57. The van der Waals surface area contributed by atoms with Crippen LogP contribution in [0.5, 0.6) is 0 Å². The summed E-state index contributed by atoms with van der Waals surface area (Å²) < 4.78 is 0. The third kappa shape index (κ3) is 3.96. The zero-order valence-electron chi connectivity index (χ0n) is 14.9. The molecule has 1 aliphatic heterocycles. The van der Waals surface area contributed by atoms with Crippen molar-refractivity contribution in [2.45, 2.75) is 19.8 Å². The Morgan fingerprint density at radius 2 is 2.04 bits per heavy atom. The van der Waals surface area contributed by atoms with Gasteiger partial charge in [-0.25, -0.2) is 9.97 Å². The molecule has 0 atom stereocenters. The fourth-order valence-electron chi connectivity index (χ4n) is 3.08. The van der Waals surface area contributed by atoms with Crippen molar-refractivity contribution in [2.75, 3.05) is 23.3 Å². The molecular formula is C20H19ClN4OS. The Kier molecular flexibility index (Phi) is 5.09. The molecule has 1 amide bonds. The highest BCUT2D eigenvalue weighted by molar-refractivity contribution is 7.13. The van der Waals surface area contributed by atoms with Crippen LogP contribution >= 0.6 is 22.9 Å². The highest BCUT2D eigenvalue weighted by atomic mass is 35.5. The number of carbonyl (C=O) groups excluding carboxylic acids is 1. The zero-order valence-corrected chi connectivity index (χ0v) is 16.5. The number of pyridine rings is 1. The lowest BCUT2D eigenvalue weighted by Gasteiger charge is -2.15. The van der Waals surface area contributed by atoms with Gasteiger partial charge in [-0.15, -0.1) is 11.3 Å². The van der Waals surface area contributed by atoms with Crippen molar-refractivity contribution in [1.82, 2.24) is 9.97 Å². The standard InChI is InChI=1S/C20H19ClN4OS/c1-13-4-6-15(21)16(10-13)23-19(26)17-12-27-20(24-17)14-5-7-18(22-11-14)25-8-2-3-9-25/h4-7,10-12H,2-3,8-9H2,1H3,(H,23,26). The lowest BCUT2D eigenvalue weighted by atomic mass is 10.2. The summed E-state index contributed by atoms with van der Waals surface area (Å²) in [5.74, 6) is 0.728. The van der Waals surface area contributed by atoms with E-state index in [1.807, 2.05) is 37.4 Å². The van der Waals surface area contributed by atoms with Crippen molar-refractivity contribution in [3.8, 4) is 10.6 Å². The number of benzene rings is 1. The second kappa shape index (κ2) is 7.66. The highest BCUT2D eigenvalue weighted by Crippen LogP contribution is 2.27. The molecule has 3 aromatic rings. The Morgan fingerprint density at radius 1 is 1.22 bits per heavy atom. The smallest absolute Gasteiger partial charge is 0.275 e. The molecule has 7 heteroatoms. The van der Waals surface area contributed by atoms with E-state index < -0.39 is 0 Å². The Hall–Kier alpha value is -2.44. The topological polar surface area (TPSA) is 58.1 Å². The summed E-state index contributed by atoms with van der Waals surface area (Å²) in [7, 11) is 0. The average molecular weight is 399 g/mol. The molecule has 0 saturated carbocycles. The number of halogens is 1. The molecular weight excluding hydrogens is 380 g/mol. The molecule has 3 heterocycles. The fraction of sp³-hybridized carbons (Fsp3) is 0.250. The number of nitrogens with zero attached hydrogens (tertiary/aromatic N) is 3. The highest BCUT2D eigenvalue weighted by Gasteiger charge is 2.16. The van der Waals surface area contributed by atoms with Crippen LogP contribution < -0.4 is 10.2 Å². The summed E-state index contributed by atoms with van der Waals surface area (Å²) in [6.45, 7) is 4.08. The number of aryl methyl sites for hydroxylation is 1. The van der Waals surface area contributed by atoms with Gasteiger partial charge in [0.15, 0.2) is 0 Å². The second-order valence-corrected chi connectivity index (χ2v) is 7.84. The van der Waals surface area contributed by atoms with E-state index in [0.29, 0.717) is 16.4 Å². The van der Waals surface area contributed by atoms with Crippen LogP contribution in [0.1, 0.15) is 28.9 Å². The molecule has 27 heavy (non-hydrogen) atoms. The molecule has 4 rings (SSSR count). The van der Waals surface area contributed by atoms with Crippen molar-refractivity contribution in [3.05, 3.63) is 58.2 Å². The van der Waals surface area contributed by atoms with Crippen LogP contribution in [0.4, 0.5) is 11.5 Å². The van der Waals surface area contributed by atoms with Gasteiger partial charge in [-0.2, -0.15) is 0 Å². The molecule has 0 unspecified atom stereocenters. The Morgan fingerprint density at radius 3 is 2.78 bits per heavy atom. The van der Waals surface area contributed by atoms with Crippen molar-refractivity contribution < 1.29 is 4.79 Å². The van der Waals surface area contributed by atoms with E-state index in [-0.39, 0.29) is 5.91 Å². The number of rotatable bonds is 4. The largest absolute Gasteiger partial charge is 0.357 e. The summed E-state index contributed by atoms with van der Waals surface area (Å²) in [5.41, 5.74) is 2.90. The molecule has 5 nitrogen and oxygen atoms in total. The van der Waals surface area contributed by atoms with E-state index in [0.717, 1.165) is 35.0 Å². The molecule has 0 spiro atoms. The minimum absolute atomic E-state index is 0.272. The van der Waals surface area contributed by atoms with E-state index in [9.17, 15) is 4.79 Å². The number of thiazole rings is 1. The lowest BCUT2D eigenvalue weighted by molar-refractivity contribution is 0.102. The Bertz CT molecular complexity index is 964. The summed E-state index contributed by atoms with van der Waals surface area (Å²) >= 11 is 7.58. The van der Waals surface area contributed by atoms with Crippen molar-refractivity contribution in [3.63, 3.8) is 0 Å². The van der Waals surface area contributed by atoms with Crippen molar-refractivity contribution >= 4 is 40.4 Å². The van der Waals surface area contributed by atoms with Crippen LogP contribution in [0.25, 0.3) is 10.6 Å². The van der Waals surface area contributed by atoms with Crippen LogP contribution in [0.15, 0.2) is 41.9 Å². The Labute approximate surface area is 167 Å². The maximum absolute atomic E-state index is 12.5. The van der Waals surface area contributed by atoms with E-state index in [4.69, 9.17) is 11.6 Å². The first-order valence-corrected chi connectivity index (χ1v) is 10.1. The SMILES string of the molecule is Cc1ccc(Cl)c(NC(=O)c2csc(-c3ccc(N4CCCC4)nc3)n2)c1. The number of carbonyl (C=O) groups is 1. The molecule has 2 aromatic heterocycles. The van der Waals surface area contributed by atoms with E-state index in [1.165, 1.54) is 24.2 Å². The normalized spacial score (nSPS) is 13.8. The molecule has 0 radical (unpaired) electrons. The molecule has 0 aliphatic carbocycles. The van der Waals surface area contributed by atoms with E-state index >= 15 is 0 Å². The third-order valence-electron chi connectivity index (χ3n) is 4.53. The average Bonchev–Trinajstić information content (AvgIpc) is 3.37. The summed E-state index contributed by atoms with van der Waals surface area (Å²) in [4.78, 5) is 23.8. The van der Waals surface area contributed by atoms with Gasteiger partial charge < -0.3 is 10.2 Å². The van der Waals surface area contributed by atoms with E-state index in [2.05, 4.69) is 20.2 Å². The quantitative estimate of drug-likeness (QED) is 0.670. The van der Waals surface area contributed by atoms with Crippen molar-refractivity contribution in [2.24, 2.45) is 0 Å². The molecule has 138 valence electrons. The molecule has 1 fully saturated rings. The number of hydrogen-bond acceptors (Lipinski definition) is 5. The van der Waals surface area contributed by atoms with E-state index in [1.54, 1.807) is 11.4 Å². The van der Waals surface area contributed by atoms with Gasteiger partial charge >= 0.3 is 0 Å². The summed E-state index contributed by atoms with van der Waals surface area (Å²) in [6.07, 6.45) is 4.27. The van der Waals surface area contributed by atoms with Gasteiger partial charge in [-0.05, 0) is 49.6 Å².